The fourth-order valence-corrected chi connectivity index (χ4v) is 5.13. The molecule has 0 aliphatic carbocycles. The largest absolute Gasteiger partial charge is 0.497 e. The van der Waals surface area contributed by atoms with Crippen LogP contribution in [-0.4, -0.2) is 36.5 Å². The molecule has 1 atom stereocenters. The van der Waals surface area contributed by atoms with Gasteiger partial charge in [0.25, 0.3) is 5.89 Å². The van der Waals surface area contributed by atoms with Gasteiger partial charge in [-0.05, 0) is 61.4 Å². The lowest BCUT2D eigenvalue weighted by molar-refractivity contribution is 0.231. The minimum absolute atomic E-state index is 0.00339. The Hall–Kier alpha value is -2.98. The van der Waals surface area contributed by atoms with Crippen molar-refractivity contribution in [3.8, 4) is 11.5 Å². The van der Waals surface area contributed by atoms with Crippen LogP contribution < -0.4 is 9.47 Å². The molecule has 0 bridgehead atoms. The standard InChI is InChI=1S/C21H22FN3O5S/c1-28-16-9-11-18(12-10-16)31(26,27)25-13-3-2-4-19(25)21-23-20(30-24-21)14-29-17-7-5-15(22)6-8-17/h5-12,19H,2-4,13-14H2,1H3. The van der Waals surface area contributed by atoms with Gasteiger partial charge in [-0.15, -0.1) is 0 Å². The summed E-state index contributed by atoms with van der Waals surface area (Å²) in [6.45, 7) is 0.367. The van der Waals surface area contributed by atoms with Crippen LogP contribution in [0.2, 0.25) is 0 Å². The van der Waals surface area contributed by atoms with Gasteiger partial charge < -0.3 is 14.0 Å². The summed E-state index contributed by atoms with van der Waals surface area (Å²) in [7, 11) is -2.22. The van der Waals surface area contributed by atoms with Crippen molar-refractivity contribution in [1.82, 2.24) is 14.4 Å². The number of methoxy groups -OCH3 is 1. The van der Waals surface area contributed by atoms with Crippen LogP contribution in [0.4, 0.5) is 4.39 Å². The summed E-state index contributed by atoms with van der Waals surface area (Å²) in [5.41, 5.74) is 0. The van der Waals surface area contributed by atoms with Gasteiger partial charge in [0, 0.05) is 6.54 Å². The van der Waals surface area contributed by atoms with Crippen molar-refractivity contribution in [1.29, 1.82) is 0 Å². The molecule has 10 heteroatoms. The SMILES string of the molecule is COc1ccc(S(=O)(=O)N2CCCCC2c2noc(COc3ccc(F)cc3)n2)cc1. The highest BCUT2D eigenvalue weighted by Crippen LogP contribution is 2.34. The number of hydrogen-bond acceptors (Lipinski definition) is 7. The molecule has 0 radical (unpaired) electrons. The minimum atomic E-state index is -3.75. The van der Waals surface area contributed by atoms with Crippen LogP contribution in [0.25, 0.3) is 0 Å². The number of sulfonamides is 1. The Balaban J connectivity index is 1.51. The van der Waals surface area contributed by atoms with Gasteiger partial charge in [-0.1, -0.05) is 11.6 Å². The van der Waals surface area contributed by atoms with E-state index in [2.05, 4.69) is 10.1 Å². The maximum atomic E-state index is 13.3. The van der Waals surface area contributed by atoms with Gasteiger partial charge in [-0.2, -0.15) is 9.29 Å². The van der Waals surface area contributed by atoms with E-state index in [1.165, 1.54) is 47.8 Å². The average molecular weight is 447 g/mol. The van der Waals surface area contributed by atoms with Crippen LogP contribution >= 0.6 is 0 Å². The first kappa shape index (κ1) is 21.3. The first-order valence-electron chi connectivity index (χ1n) is 9.84. The van der Waals surface area contributed by atoms with E-state index in [4.69, 9.17) is 14.0 Å². The molecule has 31 heavy (non-hydrogen) atoms. The van der Waals surface area contributed by atoms with E-state index in [1.807, 2.05) is 0 Å². The fourth-order valence-electron chi connectivity index (χ4n) is 3.47. The van der Waals surface area contributed by atoms with Gasteiger partial charge in [0.05, 0.1) is 18.0 Å². The summed E-state index contributed by atoms with van der Waals surface area (Å²) in [6.07, 6.45) is 2.20. The second-order valence-electron chi connectivity index (χ2n) is 7.09. The van der Waals surface area contributed by atoms with Crippen molar-refractivity contribution in [2.24, 2.45) is 0 Å². The number of benzene rings is 2. The molecule has 1 aliphatic rings. The molecule has 1 aliphatic heterocycles. The highest BCUT2D eigenvalue weighted by molar-refractivity contribution is 7.89. The van der Waals surface area contributed by atoms with Crippen molar-refractivity contribution in [2.45, 2.75) is 36.8 Å². The highest BCUT2D eigenvalue weighted by Gasteiger charge is 2.37. The molecule has 1 saturated heterocycles. The summed E-state index contributed by atoms with van der Waals surface area (Å²) >= 11 is 0. The lowest BCUT2D eigenvalue weighted by Crippen LogP contribution is -2.39. The molecule has 0 spiro atoms. The molecule has 2 heterocycles. The molecule has 1 unspecified atom stereocenters. The third-order valence-corrected chi connectivity index (χ3v) is 7.00. The van der Waals surface area contributed by atoms with Crippen LogP contribution in [0, 0.1) is 5.82 Å². The normalized spacial score (nSPS) is 17.4. The lowest BCUT2D eigenvalue weighted by Gasteiger charge is -2.32. The molecule has 164 valence electrons. The zero-order valence-corrected chi connectivity index (χ0v) is 17.7. The number of nitrogens with zero attached hydrogens (tertiary/aromatic N) is 3. The summed E-state index contributed by atoms with van der Waals surface area (Å²) in [6, 6.07) is 11.3. The second-order valence-corrected chi connectivity index (χ2v) is 8.98. The van der Waals surface area contributed by atoms with E-state index in [1.54, 1.807) is 12.1 Å². The Morgan fingerprint density at radius 2 is 1.81 bits per heavy atom. The fraction of sp³-hybridized carbons (Fsp3) is 0.333. The number of rotatable bonds is 7. The van der Waals surface area contributed by atoms with E-state index in [0.717, 1.165) is 12.8 Å². The van der Waals surface area contributed by atoms with E-state index < -0.39 is 16.1 Å². The molecule has 0 N–H and O–H groups in total. The topological polar surface area (TPSA) is 94.8 Å². The molecule has 3 aromatic rings. The smallest absolute Gasteiger partial charge is 0.264 e. The van der Waals surface area contributed by atoms with E-state index in [9.17, 15) is 12.8 Å². The predicted molar refractivity (Wildman–Crippen MR) is 109 cm³/mol. The van der Waals surface area contributed by atoms with Crippen LogP contribution in [0.15, 0.2) is 57.9 Å². The van der Waals surface area contributed by atoms with Crippen molar-refractivity contribution in [2.75, 3.05) is 13.7 Å². The Bertz CT molecular complexity index is 1120. The quantitative estimate of drug-likeness (QED) is 0.545. The second kappa shape index (κ2) is 9.03. The van der Waals surface area contributed by atoms with Gasteiger partial charge in [0.1, 0.15) is 17.3 Å². The summed E-state index contributed by atoms with van der Waals surface area (Å²) in [5, 5.41) is 4.00. The van der Waals surface area contributed by atoms with Gasteiger partial charge in [0.2, 0.25) is 10.0 Å². The molecule has 1 aromatic heterocycles. The minimum Gasteiger partial charge on any atom is -0.497 e. The van der Waals surface area contributed by atoms with Crippen molar-refractivity contribution in [3.63, 3.8) is 0 Å². The first-order chi connectivity index (χ1) is 15.0. The van der Waals surface area contributed by atoms with E-state index in [-0.39, 0.29) is 23.2 Å². The molecule has 0 amide bonds. The predicted octanol–water partition coefficient (Wildman–Crippen LogP) is 3.71. The Kier molecular flexibility index (Phi) is 6.19. The molecule has 1 fully saturated rings. The molecular weight excluding hydrogens is 425 g/mol. The maximum Gasteiger partial charge on any atom is 0.264 e. The van der Waals surface area contributed by atoms with Gasteiger partial charge in [0.15, 0.2) is 12.4 Å². The zero-order valence-electron chi connectivity index (χ0n) is 16.9. The average Bonchev–Trinajstić information content (AvgIpc) is 3.28. The molecule has 8 nitrogen and oxygen atoms in total. The van der Waals surface area contributed by atoms with Crippen LogP contribution in [0.1, 0.15) is 37.0 Å². The lowest BCUT2D eigenvalue weighted by atomic mass is 10.0. The number of piperidine rings is 1. The molecule has 2 aromatic carbocycles. The van der Waals surface area contributed by atoms with Crippen LogP contribution in [0.5, 0.6) is 11.5 Å². The summed E-state index contributed by atoms with van der Waals surface area (Å²) in [5.74, 6) is 1.20. The molecule has 4 rings (SSSR count). The Morgan fingerprint density at radius 1 is 1.10 bits per heavy atom. The van der Waals surface area contributed by atoms with Crippen molar-refractivity contribution < 1.29 is 26.8 Å². The Morgan fingerprint density at radius 3 is 2.52 bits per heavy atom. The zero-order chi connectivity index (χ0) is 21.8. The van der Waals surface area contributed by atoms with Crippen LogP contribution in [-0.2, 0) is 16.6 Å². The monoisotopic (exact) mass is 447 g/mol. The third kappa shape index (κ3) is 4.70. The molecule has 0 saturated carbocycles. The van der Waals surface area contributed by atoms with E-state index >= 15 is 0 Å². The summed E-state index contributed by atoms with van der Waals surface area (Å²) in [4.78, 5) is 4.53. The number of aromatic nitrogens is 2. The number of halogens is 1. The maximum absolute atomic E-state index is 13.3. The van der Waals surface area contributed by atoms with Crippen molar-refractivity contribution in [3.05, 3.63) is 66.1 Å². The molecular formula is C21H22FN3O5S. The highest BCUT2D eigenvalue weighted by atomic mass is 32.2. The van der Waals surface area contributed by atoms with Crippen molar-refractivity contribution >= 4 is 10.0 Å². The van der Waals surface area contributed by atoms with Crippen LogP contribution in [0.3, 0.4) is 0 Å². The third-order valence-electron chi connectivity index (χ3n) is 5.08. The number of hydrogen-bond donors (Lipinski definition) is 0. The number of ether oxygens (including phenoxy) is 2. The Labute approximate surface area is 179 Å². The summed E-state index contributed by atoms with van der Waals surface area (Å²) < 4.78 is 56.8. The first-order valence-corrected chi connectivity index (χ1v) is 11.3. The van der Waals surface area contributed by atoms with Gasteiger partial charge in [-0.25, -0.2) is 12.8 Å². The van der Waals surface area contributed by atoms with E-state index in [0.29, 0.717) is 30.3 Å². The van der Waals surface area contributed by atoms with Gasteiger partial charge >= 0.3 is 0 Å². The van der Waals surface area contributed by atoms with Gasteiger partial charge in [-0.3, -0.25) is 0 Å².